The Kier molecular flexibility index (Phi) is 7.30. The Morgan fingerprint density at radius 2 is 1.81 bits per heavy atom. The molecule has 3 aromatic rings. The van der Waals surface area contributed by atoms with Crippen LogP contribution in [-0.4, -0.2) is 42.5 Å². The van der Waals surface area contributed by atoms with E-state index in [0.29, 0.717) is 33.5 Å². The van der Waals surface area contributed by atoms with Crippen molar-refractivity contribution in [3.8, 4) is 28.8 Å². The fourth-order valence-electron chi connectivity index (χ4n) is 2.74. The number of benzene rings is 2. The Hall–Kier alpha value is -3.77. The molecule has 2 aromatic carbocycles. The van der Waals surface area contributed by atoms with Crippen molar-refractivity contribution in [3.63, 3.8) is 0 Å². The molecule has 0 spiro atoms. The summed E-state index contributed by atoms with van der Waals surface area (Å²) in [6, 6.07) is 15.6. The molecule has 0 aliphatic rings. The second kappa shape index (κ2) is 10.3. The molecule has 8 nitrogen and oxygen atoms in total. The van der Waals surface area contributed by atoms with Gasteiger partial charge in [-0.25, -0.2) is 9.78 Å². The Morgan fingerprint density at radius 3 is 2.45 bits per heavy atom. The number of aromatic nitrogens is 2. The molecule has 0 aliphatic carbocycles. The van der Waals surface area contributed by atoms with Gasteiger partial charge in [-0.3, -0.25) is 4.79 Å². The zero-order valence-corrected chi connectivity index (χ0v) is 17.7. The van der Waals surface area contributed by atoms with Gasteiger partial charge in [-0.05, 0) is 36.6 Å². The number of ether oxygens (including phenoxy) is 3. The van der Waals surface area contributed by atoms with Crippen LogP contribution < -0.4 is 15.0 Å². The van der Waals surface area contributed by atoms with E-state index in [-0.39, 0.29) is 18.8 Å². The van der Waals surface area contributed by atoms with Crippen LogP contribution in [0.2, 0.25) is 0 Å². The van der Waals surface area contributed by atoms with E-state index in [1.807, 2.05) is 6.07 Å². The van der Waals surface area contributed by atoms with Crippen molar-refractivity contribution in [2.75, 3.05) is 26.6 Å². The standard InChI is InChI=1S/C22H19N3O5S/c1-28-21(27)15-6-4-8-17(12-15)30-10-9-29-16-7-3-5-14(11-16)19-18(13-23)20(26)25-22(24-19)31-2/h3-8,11-12H,9-10H2,1-2H3,(H,24,25,26). The third-order valence-corrected chi connectivity index (χ3v) is 4.77. The molecule has 1 heterocycles. The summed E-state index contributed by atoms with van der Waals surface area (Å²) in [5, 5.41) is 9.78. The predicted octanol–water partition coefficient (Wildman–Crippen LogP) is 3.27. The number of aromatic amines is 1. The lowest BCUT2D eigenvalue weighted by molar-refractivity contribution is 0.0600. The van der Waals surface area contributed by atoms with Crippen LogP contribution in [0.25, 0.3) is 11.3 Å². The first kappa shape index (κ1) is 21.9. The van der Waals surface area contributed by atoms with Gasteiger partial charge in [0.25, 0.3) is 5.56 Å². The van der Waals surface area contributed by atoms with Gasteiger partial charge in [0.2, 0.25) is 0 Å². The number of nitriles is 1. The average molecular weight is 437 g/mol. The largest absolute Gasteiger partial charge is 0.490 e. The number of carbonyl (C=O) groups is 1. The summed E-state index contributed by atoms with van der Waals surface area (Å²) in [4.78, 5) is 30.7. The summed E-state index contributed by atoms with van der Waals surface area (Å²) < 4.78 is 16.0. The number of H-pyrrole nitrogens is 1. The number of methoxy groups -OCH3 is 1. The maximum absolute atomic E-state index is 12.1. The molecular formula is C22H19N3O5S. The maximum Gasteiger partial charge on any atom is 0.337 e. The van der Waals surface area contributed by atoms with Crippen molar-refractivity contribution < 1.29 is 19.0 Å². The number of nitrogens with one attached hydrogen (secondary N) is 1. The summed E-state index contributed by atoms with van der Waals surface area (Å²) in [5.41, 5.74) is 0.769. The number of rotatable bonds is 8. The molecule has 158 valence electrons. The van der Waals surface area contributed by atoms with Crippen LogP contribution in [0.3, 0.4) is 0 Å². The van der Waals surface area contributed by atoms with Crippen molar-refractivity contribution in [1.82, 2.24) is 9.97 Å². The third-order valence-electron chi connectivity index (χ3n) is 4.19. The number of hydrogen-bond donors (Lipinski definition) is 1. The highest BCUT2D eigenvalue weighted by Gasteiger charge is 2.14. The summed E-state index contributed by atoms with van der Waals surface area (Å²) in [6.07, 6.45) is 1.79. The topological polar surface area (TPSA) is 114 Å². The Bertz CT molecular complexity index is 1190. The molecule has 0 fully saturated rings. The minimum absolute atomic E-state index is 0.0521. The molecular weight excluding hydrogens is 418 g/mol. The first-order chi connectivity index (χ1) is 15.0. The van der Waals surface area contributed by atoms with E-state index in [1.54, 1.807) is 54.8 Å². The number of carbonyl (C=O) groups excluding carboxylic acids is 1. The highest BCUT2D eigenvalue weighted by atomic mass is 32.2. The fourth-order valence-corrected chi connectivity index (χ4v) is 3.12. The summed E-state index contributed by atoms with van der Waals surface area (Å²) in [7, 11) is 1.32. The van der Waals surface area contributed by atoms with Crippen LogP contribution in [-0.2, 0) is 4.74 Å². The van der Waals surface area contributed by atoms with E-state index in [1.165, 1.54) is 18.9 Å². The highest BCUT2D eigenvalue weighted by Crippen LogP contribution is 2.25. The van der Waals surface area contributed by atoms with E-state index in [2.05, 4.69) is 9.97 Å². The maximum atomic E-state index is 12.1. The van der Waals surface area contributed by atoms with Gasteiger partial charge in [-0.2, -0.15) is 5.26 Å². The normalized spacial score (nSPS) is 10.2. The Morgan fingerprint density at radius 1 is 1.13 bits per heavy atom. The van der Waals surface area contributed by atoms with Crippen molar-refractivity contribution in [2.45, 2.75) is 5.16 Å². The van der Waals surface area contributed by atoms with Gasteiger partial charge in [0, 0.05) is 5.56 Å². The highest BCUT2D eigenvalue weighted by molar-refractivity contribution is 7.98. The van der Waals surface area contributed by atoms with Crippen molar-refractivity contribution >= 4 is 17.7 Å². The van der Waals surface area contributed by atoms with Gasteiger partial charge in [0.15, 0.2) is 5.16 Å². The lowest BCUT2D eigenvalue weighted by Gasteiger charge is -2.11. The zero-order chi connectivity index (χ0) is 22.2. The lowest BCUT2D eigenvalue weighted by atomic mass is 10.1. The summed E-state index contributed by atoms with van der Waals surface area (Å²) >= 11 is 1.28. The van der Waals surface area contributed by atoms with E-state index < -0.39 is 11.5 Å². The van der Waals surface area contributed by atoms with Gasteiger partial charge in [0.1, 0.15) is 36.3 Å². The fraction of sp³-hybridized carbons (Fsp3) is 0.182. The number of hydrogen-bond acceptors (Lipinski definition) is 8. The van der Waals surface area contributed by atoms with Crippen LogP contribution in [0.15, 0.2) is 58.5 Å². The number of thioether (sulfide) groups is 1. The molecule has 9 heteroatoms. The van der Waals surface area contributed by atoms with E-state index in [9.17, 15) is 14.9 Å². The van der Waals surface area contributed by atoms with Crippen LogP contribution in [0.4, 0.5) is 0 Å². The number of nitrogens with zero attached hydrogens (tertiary/aromatic N) is 2. The molecule has 0 saturated heterocycles. The molecule has 0 amide bonds. The Balaban J connectivity index is 1.67. The molecule has 0 unspecified atom stereocenters. The molecule has 1 N–H and O–H groups in total. The molecule has 1 aromatic heterocycles. The molecule has 0 atom stereocenters. The molecule has 31 heavy (non-hydrogen) atoms. The monoisotopic (exact) mass is 437 g/mol. The third kappa shape index (κ3) is 5.43. The van der Waals surface area contributed by atoms with Gasteiger partial charge in [0.05, 0.1) is 18.4 Å². The lowest BCUT2D eigenvalue weighted by Crippen LogP contribution is -2.14. The van der Waals surface area contributed by atoms with Crippen LogP contribution in [0, 0.1) is 11.3 Å². The average Bonchev–Trinajstić information content (AvgIpc) is 2.81. The molecule has 0 saturated carbocycles. The van der Waals surface area contributed by atoms with Crippen LogP contribution in [0.1, 0.15) is 15.9 Å². The molecule has 3 rings (SSSR count). The quantitative estimate of drug-likeness (QED) is 0.247. The second-order valence-electron chi connectivity index (χ2n) is 6.15. The first-order valence-electron chi connectivity index (χ1n) is 9.18. The first-order valence-corrected chi connectivity index (χ1v) is 10.4. The summed E-state index contributed by atoms with van der Waals surface area (Å²) in [6.45, 7) is 0.494. The number of esters is 1. The zero-order valence-electron chi connectivity index (χ0n) is 16.9. The second-order valence-corrected chi connectivity index (χ2v) is 6.95. The van der Waals surface area contributed by atoms with Crippen LogP contribution in [0.5, 0.6) is 11.5 Å². The van der Waals surface area contributed by atoms with Crippen LogP contribution >= 0.6 is 11.8 Å². The smallest absolute Gasteiger partial charge is 0.337 e. The summed E-state index contributed by atoms with van der Waals surface area (Å²) in [5.74, 6) is 0.630. The van der Waals surface area contributed by atoms with Gasteiger partial charge in [-0.1, -0.05) is 30.0 Å². The Labute approximate surface area is 182 Å². The minimum Gasteiger partial charge on any atom is -0.490 e. The van der Waals surface area contributed by atoms with Crippen molar-refractivity contribution in [3.05, 3.63) is 70.0 Å². The van der Waals surface area contributed by atoms with Gasteiger partial charge in [-0.15, -0.1) is 0 Å². The SMILES string of the molecule is COC(=O)c1cccc(OCCOc2cccc(-c3nc(SC)[nH]c(=O)c3C#N)c2)c1. The molecule has 0 bridgehead atoms. The molecule has 0 radical (unpaired) electrons. The van der Waals surface area contributed by atoms with E-state index >= 15 is 0 Å². The van der Waals surface area contributed by atoms with Crippen molar-refractivity contribution in [2.24, 2.45) is 0 Å². The van der Waals surface area contributed by atoms with Gasteiger partial charge >= 0.3 is 5.97 Å². The minimum atomic E-state index is -0.481. The van der Waals surface area contributed by atoms with Crippen molar-refractivity contribution in [1.29, 1.82) is 5.26 Å². The van der Waals surface area contributed by atoms with Gasteiger partial charge < -0.3 is 19.2 Å². The van der Waals surface area contributed by atoms with E-state index in [0.717, 1.165) is 0 Å². The molecule has 0 aliphatic heterocycles. The predicted molar refractivity (Wildman–Crippen MR) is 116 cm³/mol. The van der Waals surface area contributed by atoms with E-state index in [4.69, 9.17) is 14.2 Å².